The summed E-state index contributed by atoms with van der Waals surface area (Å²) in [5.74, 6) is -0.324. The van der Waals surface area contributed by atoms with Gasteiger partial charge in [0.2, 0.25) is 5.91 Å². The third-order valence-electron chi connectivity index (χ3n) is 2.75. The van der Waals surface area contributed by atoms with Crippen LogP contribution in [0.25, 0.3) is 0 Å². The predicted molar refractivity (Wildman–Crippen MR) is 64.8 cm³/mol. The van der Waals surface area contributed by atoms with Crippen LogP contribution in [-0.4, -0.2) is 5.91 Å². The fourth-order valence-electron chi connectivity index (χ4n) is 1.47. The average Bonchev–Trinajstić information content (AvgIpc) is 3.10. The number of halogens is 1. The largest absolute Gasteiger partial charge is 0.323 e. The number of hydrogen-bond acceptors (Lipinski definition) is 3. The van der Waals surface area contributed by atoms with Gasteiger partial charge in [-0.25, -0.2) is 0 Å². The molecule has 17 heavy (non-hydrogen) atoms. The van der Waals surface area contributed by atoms with Gasteiger partial charge in [-0.3, -0.25) is 4.79 Å². The van der Waals surface area contributed by atoms with E-state index in [9.17, 15) is 4.79 Å². The second-order valence-corrected chi connectivity index (χ2v) is 4.87. The lowest BCUT2D eigenvalue weighted by molar-refractivity contribution is -0.119. The van der Waals surface area contributed by atoms with Gasteiger partial charge in [0, 0.05) is 4.47 Å². The molecule has 1 amide bonds. The van der Waals surface area contributed by atoms with Crippen molar-refractivity contribution in [1.82, 2.24) is 0 Å². The Kier molecular flexibility index (Phi) is 2.87. The molecule has 2 rings (SSSR count). The van der Waals surface area contributed by atoms with Crippen molar-refractivity contribution < 1.29 is 4.79 Å². The SMILES string of the molecule is N#Cc1ccc(Br)cc1NC(=O)C1(C#N)CC1. The topological polar surface area (TPSA) is 76.7 Å². The van der Waals surface area contributed by atoms with Gasteiger partial charge in [-0.1, -0.05) is 15.9 Å². The number of nitrogens with zero attached hydrogens (tertiary/aromatic N) is 2. The van der Waals surface area contributed by atoms with Crippen molar-refractivity contribution in [3.63, 3.8) is 0 Å². The Morgan fingerprint density at radius 3 is 2.65 bits per heavy atom. The van der Waals surface area contributed by atoms with Crippen LogP contribution >= 0.6 is 15.9 Å². The molecule has 0 spiro atoms. The lowest BCUT2D eigenvalue weighted by atomic mass is 10.1. The van der Waals surface area contributed by atoms with E-state index in [2.05, 4.69) is 21.2 Å². The molecule has 0 unspecified atom stereocenters. The zero-order valence-electron chi connectivity index (χ0n) is 8.83. The second-order valence-electron chi connectivity index (χ2n) is 3.95. The molecule has 0 heterocycles. The third kappa shape index (κ3) is 2.15. The zero-order valence-corrected chi connectivity index (χ0v) is 10.4. The first kappa shape index (κ1) is 11.6. The van der Waals surface area contributed by atoms with Gasteiger partial charge in [0.05, 0.1) is 17.3 Å². The molecule has 84 valence electrons. The molecule has 1 aliphatic carbocycles. The predicted octanol–water partition coefficient (Wildman–Crippen LogP) is 2.56. The normalized spacial score (nSPS) is 15.5. The highest BCUT2D eigenvalue weighted by Crippen LogP contribution is 2.45. The van der Waals surface area contributed by atoms with Crippen molar-refractivity contribution in [2.24, 2.45) is 5.41 Å². The summed E-state index contributed by atoms with van der Waals surface area (Å²) in [5, 5.41) is 20.5. The third-order valence-corrected chi connectivity index (χ3v) is 3.24. The molecule has 1 N–H and O–H groups in total. The zero-order chi connectivity index (χ0) is 12.5. The average molecular weight is 290 g/mol. The van der Waals surface area contributed by atoms with Crippen molar-refractivity contribution in [3.05, 3.63) is 28.2 Å². The Morgan fingerprint density at radius 1 is 1.41 bits per heavy atom. The van der Waals surface area contributed by atoms with E-state index in [-0.39, 0.29) is 5.91 Å². The smallest absolute Gasteiger partial charge is 0.244 e. The van der Waals surface area contributed by atoms with Crippen molar-refractivity contribution >= 4 is 27.5 Å². The van der Waals surface area contributed by atoms with Crippen LogP contribution in [0.15, 0.2) is 22.7 Å². The fraction of sp³-hybridized carbons (Fsp3) is 0.250. The minimum Gasteiger partial charge on any atom is -0.323 e. The maximum Gasteiger partial charge on any atom is 0.244 e. The Morgan fingerprint density at radius 2 is 2.12 bits per heavy atom. The minimum absolute atomic E-state index is 0.324. The number of anilines is 1. The van der Waals surface area contributed by atoms with Gasteiger partial charge in [0.25, 0.3) is 0 Å². The van der Waals surface area contributed by atoms with E-state index in [4.69, 9.17) is 10.5 Å². The van der Waals surface area contributed by atoms with Crippen LogP contribution in [-0.2, 0) is 4.79 Å². The van der Waals surface area contributed by atoms with Crippen LogP contribution in [0, 0.1) is 28.1 Å². The maximum absolute atomic E-state index is 11.8. The summed E-state index contributed by atoms with van der Waals surface area (Å²) in [6.45, 7) is 0. The number of carbonyl (C=O) groups excluding carboxylic acids is 1. The van der Waals surface area contributed by atoms with Crippen molar-refractivity contribution in [1.29, 1.82) is 10.5 Å². The Labute approximate surface area is 107 Å². The summed E-state index contributed by atoms with van der Waals surface area (Å²) >= 11 is 3.27. The summed E-state index contributed by atoms with van der Waals surface area (Å²) in [7, 11) is 0. The number of nitriles is 2. The molecule has 1 saturated carbocycles. The van der Waals surface area contributed by atoms with E-state index >= 15 is 0 Å². The number of amides is 1. The molecule has 5 heteroatoms. The molecular formula is C12H8BrN3O. The van der Waals surface area contributed by atoms with E-state index in [1.807, 2.05) is 12.1 Å². The van der Waals surface area contributed by atoms with Crippen LogP contribution in [0.3, 0.4) is 0 Å². The number of carbonyl (C=O) groups is 1. The lowest BCUT2D eigenvalue weighted by Gasteiger charge is -2.09. The van der Waals surface area contributed by atoms with E-state index < -0.39 is 5.41 Å². The fourth-order valence-corrected chi connectivity index (χ4v) is 1.84. The van der Waals surface area contributed by atoms with E-state index in [1.165, 1.54) is 0 Å². The lowest BCUT2D eigenvalue weighted by Crippen LogP contribution is -2.23. The van der Waals surface area contributed by atoms with Gasteiger partial charge >= 0.3 is 0 Å². The van der Waals surface area contributed by atoms with Gasteiger partial charge in [-0.2, -0.15) is 10.5 Å². The molecule has 0 aliphatic heterocycles. The first-order valence-corrected chi connectivity index (χ1v) is 5.83. The molecule has 1 aromatic rings. The molecule has 1 fully saturated rings. The molecule has 0 atom stereocenters. The molecule has 0 radical (unpaired) electrons. The summed E-state index contributed by atoms with van der Waals surface area (Å²) in [6, 6.07) is 9.02. The van der Waals surface area contributed by atoms with E-state index in [0.717, 1.165) is 4.47 Å². The first-order chi connectivity index (χ1) is 8.11. The number of hydrogen-bond donors (Lipinski definition) is 1. The van der Waals surface area contributed by atoms with Crippen LogP contribution in [0.4, 0.5) is 5.69 Å². The van der Waals surface area contributed by atoms with Crippen molar-refractivity contribution in [2.45, 2.75) is 12.8 Å². The highest BCUT2D eigenvalue weighted by atomic mass is 79.9. The van der Waals surface area contributed by atoms with Crippen LogP contribution in [0.2, 0.25) is 0 Å². The quantitative estimate of drug-likeness (QED) is 0.909. The Bertz CT molecular complexity index is 564. The van der Waals surface area contributed by atoms with Gasteiger partial charge in [-0.05, 0) is 31.0 Å². The maximum atomic E-state index is 11.8. The highest BCUT2D eigenvalue weighted by Gasteiger charge is 2.50. The second kappa shape index (κ2) is 4.20. The van der Waals surface area contributed by atoms with Gasteiger partial charge < -0.3 is 5.32 Å². The minimum atomic E-state index is -0.880. The molecule has 0 saturated heterocycles. The summed E-state index contributed by atoms with van der Waals surface area (Å²) in [5.41, 5.74) is -0.0571. The monoisotopic (exact) mass is 289 g/mol. The molecule has 4 nitrogen and oxygen atoms in total. The number of rotatable bonds is 2. The van der Waals surface area contributed by atoms with Crippen molar-refractivity contribution in [2.75, 3.05) is 5.32 Å². The van der Waals surface area contributed by atoms with Crippen molar-refractivity contribution in [3.8, 4) is 12.1 Å². The Hall–Kier alpha value is -1.85. The van der Waals surface area contributed by atoms with Crippen LogP contribution in [0.5, 0.6) is 0 Å². The van der Waals surface area contributed by atoms with E-state index in [1.54, 1.807) is 18.2 Å². The van der Waals surface area contributed by atoms with Crippen LogP contribution in [0.1, 0.15) is 18.4 Å². The molecule has 0 bridgehead atoms. The summed E-state index contributed by atoms with van der Waals surface area (Å²) in [4.78, 5) is 11.8. The number of nitrogens with one attached hydrogen (secondary N) is 1. The van der Waals surface area contributed by atoms with Crippen LogP contribution < -0.4 is 5.32 Å². The molecule has 0 aromatic heterocycles. The standard InChI is InChI=1S/C12H8BrN3O/c13-9-2-1-8(6-14)10(5-9)16-11(17)12(7-15)3-4-12/h1-2,5H,3-4H2,(H,16,17). The van der Waals surface area contributed by atoms with E-state index in [0.29, 0.717) is 24.1 Å². The summed E-state index contributed by atoms with van der Waals surface area (Å²) < 4.78 is 0.772. The molecule has 1 aliphatic rings. The van der Waals surface area contributed by atoms with Gasteiger partial charge in [-0.15, -0.1) is 0 Å². The molecule has 1 aromatic carbocycles. The Balaban J connectivity index is 2.25. The number of benzene rings is 1. The van der Waals surface area contributed by atoms with Gasteiger partial charge in [0.1, 0.15) is 11.5 Å². The first-order valence-electron chi connectivity index (χ1n) is 5.04. The molecular weight excluding hydrogens is 282 g/mol. The summed E-state index contributed by atoms with van der Waals surface area (Å²) in [6.07, 6.45) is 1.18. The van der Waals surface area contributed by atoms with Gasteiger partial charge in [0.15, 0.2) is 0 Å². The highest BCUT2D eigenvalue weighted by molar-refractivity contribution is 9.10.